The Morgan fingerprint density at radius 3 is 2.73 bits per heavy atom. The van der Waals surface area contributed by atoms with Crippen molar-refractivity contribution in [1.82, 2.24) is 4.98 Å². The molecule has 2 aromatic rings. The summed E-state index contributed by atoms with van der Waals surface area (Å²) in [5.74, 6) is 0. The first-order valence-electron chi connectivity index (χ1n) is 4.72. The second-order valence-electron chi connectivity index (χ2n) is 3.49. The van der Waals surface area contributed by atoms with E-state index in [4.69, 9.17) is 5.73 Å². The minimum Gasteiger partial charge on any atom is -0.399 e. The van der Waals surface area contributed by atoms with Crippen molar-refractivity contribution >= 4 is 5.69 Å². The number of benzene rings is 1. The molecule has 3 N–H and O–H groups in total. The number of aromatic nitrogens is 1. The molecule has 0 radical (unpaired) electrons. The van der Waals surface area contributed by atoms with Crippen LogP contribution >= 0.6 is 0 Å². The van der Waals surface area contributed by atoms with E-state index in [1.807, 2.05) is 25.1 Å². The minimum absolute atomic E-state index is 0.0915. The Morgan fingerprint density at radius 1 is 1.20 bits per heavy atom. The van der Waals surface area contributed by atoms with Crippen molar-refractivity contribution in [2.24, 2.45) is 0 Å². The molecule has 0 aliphatic rings. The molecule has 1 aromatic heterocycles. The van der Waals surface area contributed by atoms with Gasteiger partial charge in [0.15, 0.2) is 0 Å². The maximum absolute atomic E-state index is 11.6. The predicted octanol–water partition coefficient (Wildman–Crippen LogP) is 1.93. The standard InChI is InChI=1S/C12H12N2O/c1-8-4-5-9(13)7-11(8)10-3-2-6-14-12(10)15/h2-7H,13H2,1H3,(H,14,15). The Morgan fingerprint density at radius 2 is 2.00 bits per heavy atom. The van der Waals surface area contributed by atoms with Gasteiger partial charge in [-0.15, -0.1) is 0 Å². The summed E-state index contributed by atoms with van der Waals surface area (Å²) < 4.78 is 0. The van der Waals surface area contributed by atoms with E-state index in [0.717, 1.165) is 11.1 Å². The van der Waals surface area contributed by atoms with Crippen LogP contribution < -0.4 is 11.3 Å². The SMILES string of the molecule is Cc1ccc(N)cc1-c1ccc[nH]c1=O. The van der Waals surface area contributed by atoms with Gasteiger partial charge in [-0.25, -0.2) is 0 Å². The van der Waals surface area contributed by atoms with Crippen molar-refractivity contribution in [3.8, 4) is 11.1 Å². The van der Waals surface area contributed by atoms with E-state index in [0.29, 0.717) is 11.3 Å². The van der Waals surface area contributed by atoms with Gasteiger partial charge in [0.05, 0.1) is 0 Å². The van der Waals surface area contributed by atoms with Gasteiger partial charge in [-0.3, -0.25) is 4.79 Å². The molecular formula is C12H12N2O. The van der Waals surface area contributed by atoms with Crippen LogP contribution in [-0.2, 0) is 0 Å². The van der Waals surface area contributed by atoms with E-state index in [2.05, 4.69) is 4.98 Å². The van der Waals surface area contributed by atoms with Crippen LogP contribution in [0.25, 0.3) is 11.1 Å². The van der Waals surface area contributed by atoms with E-state index < -0.39 is 0 Å². The molecule has 1 heterocycles. The largest absolute Gasteiger partial charge is 0.399 e. The Balaban J connectivity index is 2.69. The minimum atomic E-state index is -0.0915. The Labute approximate surface area is 87.6 Å². The molecule has 0 aliphatic carbocycles. The average molecular weight is 200 g/mol. The number of nitrogens with two attached hydrogens (primary N) is 1. The summed E-state index contributed by atoms with van der Waals surface area (Å²) >= 11 is 0. The average Bonchev–Trinajstić information content (AvgIpc) is 2.23. The number of anilines is 1. The van der Waals surface area contributed by atoms with Crippen molar-refractivity contribution in [1.29, 1.82) is 0 Å². The second kappa shape index (κ2) is 3.61. The summed E-state index contributed by atoms with van der Waals surface area (Å²) in [6.45, 7) is 1.96. The van der Waals surface area contributed by atoms with Crippen molar-refractivity contribution in [3.63, 3.8) is 0 Å². The number of pyridine rings is 1. The Hall–Kier alpha value is -2.03. The lowest BCUT2D eigenvalue weighted by molar-refractivity contribution is 1.24. The molecule has 0 amide bonds. The van der Waals surface area contributed by atoms with Gasteiger partial charge in [0.25, 0.3) is 5.56 Å². The smallest absolute Gasteiger partial charge is 0.255 e. The predicted molar refractivity (Wildman–Crippen MR) is 61.6 cm³/mol. The zero-order chi connectivity index (χ0) is 10.8. The molecule has 76 valence electrons. The second-order valence-corrected chi connectivity index (χ2v) is 3.49. The molecule has 15 heavy (non-hydrogen) atoms. The topological polar surface area (TPSA) is 58.9 Å². The van der Waals surface area contributed by atoms with Crippen LogP contribution in [0.2, 0.25) is 0 Å². The van der Waals surface area contributed by atoms with Gasteiger partial charge < -0.3 is 10.7 Å². The summed E-state index contributed by atoms with van der Waals surface area (Å²) in [6.07, 6.45) is 1.62. The van der Waals surface area contributed by atoms with Crippen molar-refractivity contribution in [3.05, 3.63) is 52.4 Å². The van der Waals surface area contributed by atoms with Crippen LogP contribution in [0.1, 0.15) is 5.56 Å². The third-order valence-electron chi connectivity index (χ3n) is 2.37. The van der Waals surface area contributed by atoms with Gasteiger partial charge in [0.2, 0.25) is 0 Å². The molecule has 0 saturated carbocycles. The van der Waals surface area contributed by atoms with E-state index >= 15 is 0 Å². The summed E-state index contributed by atoms with van der Waals surface area (Å²) in [5.41, 5.74) is 8.86. The molecule has 3 nitrogen and oxygen atoms in total. The fourth-order valence-corrected chi connectivity index (χ4v) is 1.56. The lowest BCUT2D eigenvalue weighted by Crippen LogP contribution is -2.07. The van der Waals surface area contributed by atoms with Crippen LogP contribution in [0.4, 0.5) is 5.69 Å². The molecule has 0 spiro atoms. The van der Waals surface area contributed by atoms with Crippen molar-refractivity contribution in [2.75, 3.05) is 5.73 Å². The number of hydrogen-bond acceptors (Lipinski definition) is 2. The Kier molecular flexibility index (Phi) is 2.29. The summed E-state index contributed by atoms with van der Waals surface area (Å²) in [7, 11) is 0. The quantitative estimate of drug-likeness (QED) is 0.691. The zero-order valence-corrected chi connectivity index (χ0v) is 8.45. The normalized spacial score (nSPS) is 10.2. The van der Waals surface area contributed by atoms with Gasteiger partial charge >= 0.3 is 0 Å². The van der Waals surface area contributed by atoms with Gasteiger partial charge in [0.1, 0.15) is 0 Å². The van der Waals surface area contributed by atoms with Gasteiger partial charge in [-0.2, -0.15) is 0 Å². The van der Waals surface area contributed by atoms with Crippen molar-refractivity contribution < 1.29 is 0 Å². The third kappa shape index (κ3) is 1.76. The first-order valence-corrected chi connectivity index (χ1v) is 4.72. The number of aromatic amines is 1. The first kappa shape index (κ1) is 9.52. The fourth-order valence-electron chi connectivity index (χ4n) is 1.56. The number of hydrogen-bond donors (Lipinski definition) is 2. The molecule has 2 rings (SSSR count). The van der Waals surface area contributed by atoms with Crippen LogP contribution in [0.5, 0.6) is 0 Å². The summed E-state index contributed by atoms with van der Waals surface area (Å²) in [4.78, 5) is 14.2. The number of nitrogens with one attached hydrogen (secondary N) is 1. The van der Waals surface area contributed by atoms with E-state index in [9.17, 15) is 4.79 Å². The first-order chi connectivity index (χ1) is 7.18. The molecule has 1 aromatic carbocycles. The van der Waals surface area contributed by atoms with Gasteiger partial charge in [-0.1, -0.05) is 6.07 Å². The molecule has 0 saturated heterocycles. The molecule has 0 atom stereocenters. The highest BCUT2D eigenvalue weighted by Gasteiger charge is 2.05. The highest BCUT2D eigenvalue weighted by molar-refractivity contribution is 5.69. The van der Waals surface area contributed by atoms with Crippen LogP contribution in [0, 0.1) is 6.92 Å². The van der Waals surface area contributed by atoms with E-state index in [1.54, 1.807) is 18.3 Å². The maximum Gasteiger partial charge on any atom is 0.255 e. The third-order valence-corrected chi connectivity index (χ3v) is 2.37. The maximum atomic E-state index is 11.6. The highest BCUT2D eigenvalue weighted by Crippen LogP contribution is 2.22. The lowest BCUT2D eigenvalue weighted by atomic mass is 10.0. The molecule has 0 unspecified atom stereocenters. The number of rotatable bonds is 1. The zero-order valence-electron chi connectivity index (χ0n) is 8.45. The monoisotopic (exact) mass is 200 g/mol. The number of H-pyrrole nitrogens is 1. The van der Waals surface area contributed by atoms with Crippen LogP contribution in [-0.4, -0.2) is 4.98 Å². The van der Waals surface area contributed by atoms with E-state index in [-0.39, 0.29) is 5.56 Å². The number of aryl methyl sites for hydroxylation is 1. The Bertz CT molecular complexity index is 543. The van der Waals surface area contributed by atoms with Gasteiger partial charge in [-0.05, 0) is 42.3 Å². The summed E-state index contributed by atoms with van der Waals surface area (Å²) in [6, 6.07) is 9.16. The molecule has 3 heteroatoms. The summed E-state index contributed by atoms with van der Waals surface area (Å²) in [5, 5.41) is 0. The van der Waals surface area contributed by atoms with E-state index in [1.165, 1.54) is 0 Å². The van der Waals surface area contributed by atoms with Gasteiger partial charge in [0, 0.05) is 17.4 Å². The lowest BCUT2D eigenvalue weighted by Gasteiger charge is -2.05. The van der Waals surface area contributed by atoms with Crippen molar-refractivity contribution in [2.45, 2.75) is 6.92 Å². The molecule has 0 bridgehead atoms. The number of nitrogen functional groups attached to an aromatic ring is 1. The van der Waals surface area contributed by atoms with Crippen LogP contribution in [0.15, 0.2) is 41.3 Å². The van der Waals surface area contributed by atoms with Crippen LogP contribution in [0.3, 0.4) is 0 Å². The molecule has 0 fully saturated rings. The molecular weight excluding hydrogens is 188 g/mol. The fraction of sp³-hybridized carbons (Fsp3) is 0.0833. The molecule has 0 aliphatic heterocycles. The highest BCUT2D eigenvalue weighted by atomic mass is 16.1.